The lowest BCUT2D eigenvalue weighted by Gasteiger charge is -2.18. The second-order valence-electron chi connectivity index (χ2n) is 5.09. The van der Waals surface area contributed by atoms with Gasteiger partial charge < -0.3 is 5.11 Å². The summed E-state index contributed by atoms with van der Waals surface area (Å²) < 4.78 is 0. The van der Waals surface area contributed by atoms with Crippen LogP contribution in [-0.4, -0.2) is 11.2 Å². The van der Waals surface area contributed by atoms with Crippen molar-refractivity contribution < 1.29 is 5.11 Å². The number of aliphatic hydroxyl groups is 1. The third-order valence-electron chi connectivity index (χ3n) is 3.26. The summed E-state index contributed by atoms with van der Waals surface area (Å²) in [5, 5.41) is 10.2. The summed E-state index contributed by atoms with van der Waals surface area (Å²) >= 11 is 0. The summed E-state index contributed by atoms with van der Waals surface area (Å²) in [5.41, 5.74) is 5.18. The molecule has 1 unspecified atom stereocenters. The Hall–Kier alpha value is -0.820. The molecular formula is C15H24O. The van der Waals surface area contributed by atoms with Crippen molar-refractivity contribution in [3.63, 3.8) is 0 Å². The molecule has 0 aromatic carbocycles. The van der Waals surface area contributed by atoms with E-state index >= 15 is 0 Å². The van der Waals surface area contributed by atoms with Gasteiger partial charge in [0.1, 0.15) is 0 Å². The first-order valence-corrected chi connectivity index (χ1v) is 6.16. The minimum atomic E-state index is -0.302. The van der Waals surface area contributed by atoms with E-state index in [-0.39, 0.29) is 6.10 Å². The van der Waals surface area contributed by atoms with Crippen LogP contribution in [0.25, 0.3) is 0 Å². The minimum Gasteiger partial charge on any atom is -0.388 e. The van der Waals surface area contributed by atoms with Gasteiger partial charge in [-0.3, -0.25) is 0 Å². The maximum Gasteiger partial charge on any atom is 0.0792 e. The predicted molar refractivity (Wildman–Crippen MR) is 70.4 cm³/mol. The summed E-state index contributed by atoms with van der Waals surface area (Å²) in [5.74, 6) is 0. The molecule has 1 aliphatic carbocycles. The molecule has 0 bridgehead atoms. The maximum atomic E-state index is 10.2. The van der Waals surface area contributed by atoms with Crippen LogP contribution in [0.4, 0.5) is 0 Å². The largest absolute Gasteiger partial charge is 0.388 e. The molecule has 0 amide bonds. The number of hydrogen-bond acceptors (Lipinski definition) is 1. The van der Waals surface area contributed by atoms with Crippen molar-refractivity contribution >= 4 is 0 Å². The van der Waals surface area contributed by atoms with Crippen LogP contribution in [0.15, 0.2) is 34.4 Å². The van der Waals surface area contributed by atoms with Gasteiger partial charge in [-0.1, -0.05) is 28.9 Å². The van der Waals surface area contributed by atoms with Crippen LogP contribution in [0.2, 0.25) is 0 Å². The molecule has 0 aromatic heterocycles. The van der Waals surface area contributed by atoms with E-state index in [9.17, 15) is 5.11 Å². The Morgan fingerprint density at radius 2 is 1.88 bits per heavy atom. The van der Waals surface area contributed by atoms with Gasteiger partial charge >= 0.3 is 0 Å². The number of rotatable bonds is 0. The maximum absolute atomic E-state index is 10.2. The molecule has 0 saturated heterocycles. The highest BCUT2D eigenvalue weighted by molar-refractivity contribution is 5.22. The first-order chi connectivity index (χ1) is 7.50. The smallest absolute Gasteiger partial charge is 0.0792 e. The van der Waals surface area contributed by atoms with E-state index in [0.29, 0.717) is 0 Å². The molecule has 1 aliphatic rings. The van der Waals surface area contributed by atoms with Crippen molar-refractivity contribution in [2.75, 3.05) is 0 Å². The molecular weight excluding hydrogens is 196 g/mol. The van der Waals surface area contributed by atoms with Gasteiger partial charge in [-0.15, -0.1) is 0 Å². The zero-order valence-corrected chi connectivity index (χ0v) is 11.0. The fourth-order valence-electron chi connectivity index (χ4n) is 2.12. The highest BCUT2D eigenvalue weighted by atomic mass is 16.3. The van der Waals surface area contributed by atoms with Crippen LogP contribution in [0, 0.1) is 0 Å². The predicted octanol–water partition coefficient (Wildman–Crippen LogP) is 4.15. The van der Waals surface area contributed by atoms with Gasteiger partial charge in [-0.25, -0.2) is 0 Å². The fraction of sp³-hybridized carbons (Fsp3) is 0.600. The van der Waals surface area contributed by atoms with Gasteiger partial charge in [-0.05, 0) is 59.0 Å². The van der Waals surface area contributed by atoms with Crippen molar-refractivity contribution in [1.29, 1.82) is 0 Å². The monoisotopic (exact) mass is 220 g/mol. The van der Waals surface area contributed by atoms with Gasteiger partial charge in [-0.2, -0.15) is 0 Å². The SMILES string of the molecule is CC(C)=C1C/C=C(/C)CC/C=C(/C)CC1O. The Morgan fingerprint density at radius 1 is 1.19 bits per heavy atom. The Labute approximate surface area is 99.6 Å². The molecule has 0 fully saturated rings. The van der Waals surface area contributed by atoms with Crippen molar-refractivity contribution in [2.45, 2.75) is 59.5 Å². The molecule has 1 heteroatoms. The molecule has 90 valence electrons. The molecule has 0 radical (unpaired) electrons. The number of allylic oxidation sites excluding steroid dienone is 4. The Bertz CT molecular complexity index is 327. The molecule has 1 rings (SSSR count). The molecule has 0 aliphatic heterocycles. The van der Waals surface area contributed by atoms with E-state index in [1.807, 2.05) is 0 Å². The average molecular weight is 220 g/mol. The summed E-state index contributed by atoms with van der Waals surface area (Å²) in [4.78, 5) is 0. The molecule has 16 heavy (non-hydrogen) atoms. The normalized spacial score (nSPS) is 30.1. The second-order valence-corrected chi connectivity index (χ2v) is 5.09. The van der Waals surface area contributed by atoms with E-state index in [1.165, 1.54) is 22.3 Å². The zero-order chi connectivity index (χ0) is 12.1. The highest BCUT2D eigenvalue weighted by Crippen LogP contribution is 2.23. The summed E-state index contributed by atoms with van der Waals surface area (Å²) in [6.45, 7) is 8.48. The van der Waals surface area contributed by atoms with Crippen LogP contribution in [0.5, 0.6) is 0 Å². The van der Waals surface area contributed by atoms with Gasteiger partial charge in [0.15, 0.2) is 0 Å². The topological polar surface area (TPSA) is 20.2 Å². The molecule has 0 spiro atoms. The van der Waals surface area contributed by atoms with E-state index in [4.69, 9.17) is 0 Å². The van der Waals surface area contributed by atoms with Crippen LogP contribution >= 0.6 is 0 Å². The lowest BCUT2D eigenvalue weighted by Crippen LogP contribution is -2.12. The molecule has 0 heterocycles. The Kier molecular flexibility index (Phi) is 5.01. The standard InChI is InChI=1S/C15H24O/c1-11(2)14-9-8-12(3)6-5-7-13(4)10-15(14)16/h7-8,15-16H,5-6,9-10H2,1-4H3/b12-8-,13-7-. The van der Waals surface area contributed by atoms with Crippen LogP contribution in [0.3, 0.4) is 0 Å². The highest BCUT2D eigenvalue weighted by Gasteiger charge is 2.13. The Balaban J connectivity index is 2.94. The molecule has 1 atom stereocenters. The lowest BCUT2D eigenvalue weighted by molar-refractivity contribution is 0.207. The fourth-order valence-corrected chi connectivity index (χ4v) is 2.12. The van der Waals surface area contributed by atoms with E-state index in [2.05, 4.69) is 39.8 Å². The third-order valence-corrected chi connectivity index (χ3v) is 3.26. The molecule has 1 nitrogen and oxygen atoms in total. The van der Waals surface area contributed by atoms with Gasteiger partial charge in [0.25, 0.3) is 0 Å². The van der Waals surface area contributed by atoms with Crippen molar-refractivity contribution in [1.82, 2.24) is 0 Å². The second kappa shape index (κ2) is 6.05. The van der Waals surface area contributed by atoms with Crippen molar-refractivity contribution in [3.8, 4) is 0 Å². The van der Waals surface area contributed by atoms with Crippen LogP contribution in [-0.2, 0) is 0 Å². The van der Waals surface area contributed by atoms with Crippen molar-refractivity contribution in [2.24, 2.45) is 0 Å². The number of hydrogen-bond donors (Lipinski definition) is 1. The average Bonchev–Trinajstić information content (AvgIpc) is 2.16. The zero-order valence-electron chi connectivity index (χ0n) is 11.0. The lowest BCUT2D eigenvalue weighted by atomic mass is 9.93. The first kappa shape index (κ1) is 13.2. The molecule has 0 saturated carbocycles. The third kappa shape index (κ3) is 3.97. The number of aliphatic hydroxyl groups excluding tert-OH is 1. The summed E-state index contributed by atoms with van der Waals surface area (Å²) in [7, 11) is 0. The molecule has 0 aromatic rings. The summed E-state index contributed by atoms with van der Waals surface area (Å²) in [6, 6.07) is 0. The minimum absolute atomic E-state index is 0.302. The van der Waals surface area contributed by atoms with E-state index in [0.717, 1.165) is 25.7 Å². The Morgan fingerprint density at radius 3 is 2.50 bits per heavy atom. The quantitative estimate of drug-likeness (QED) is 0.608. The van der Waals surface area contributed by atoms with Crippen molar-refractivity contribution in [3.05, 3.63) is 34.4 Å². The van der Waals surface area contributed by atoms with Gasteiger partial charge in [0.05, 0.1) is 6.10 Å². The van der Waals surface area contributed by atoms with E-state index in [1.54, 1.807) is 0 Å². The summed E-state index contributed by atoms with van der Waals surface area (Å²) in [6.07, 6.45) is 8.16. The van der Waals surface area contributed by atoms with Gasteiger partial charge in [0.2, 0.25) is 0 Å². The van der Waals surface area contributed by atoms with Crippen LogP contribution < -0.4 is 0 Å². The van der Waals surface area contributed by atoms with Gasteiger partial charge in [0, 0.05) is 0 Å². The molecule has 1 N–H and O–H groups in total. The first-order valence-electron chi connectivity index (χ1n) is 6.16. The van der Waals surface area contributed by atoms with Crippen LogP contribution in [0.1, 0.15) is 53.4 Å². The van der Waals surface area contributed by atoms with E-state index < -0.39 is 0 Å².